The molecule has 118 valence electrons. The summed E-state index contributed by atoms with van der Waals surface area (Å²) < 4.78 is 11.9. The van der Waals surface area contributed by atoms with Gasteiger partial charge < -0.3 is 15.3 Å². The van der Waals surface area contributed by atoms with Gasteiger partial charge in [0.1, 0.15) is 0 Å². The standard InChI is InChI=1S/C15H24N2O3S/c1-15(2,3)21(20)11-12-6-5-7-13(10-12)16-14(19)17(4)8-9-18/h5-7,10,18H,8-9,11H2,1-4H3,(H,16,19). The van der Waals surface area contributed by atoms with Crippen LogP contribution in [0.3, 0.4) is 0 Å². The van der Waals surface area contributed by atoms with Crippen LogP contribution >= 0.6 is 0 Å². The molecular weight excluding hydrogens is 288 g/mol. The summed E-state index contributed by atoms with van der Waals surface area (Å²) in [6, 6.07) is 7.06. The SMILES string of the molecule is CN(CCO)C(=O)Nc1cccc(CS(=O)C(C)(C)C)c1. The van der Waals surface area contributed by atoms with E-state index in [0.29, 0.717) is 11.4 Å². The number of anilines is 1. The van der Waals surface area contributed by atoms with Gasteiger partial charge in [-0.2, -0.15) is 0 Å². The van der Waals surface area contributed by atoms with Crippen molar-refractivity contribution in [2.75, 3.05) is 25.5 Å². The van der Waals surface area contributed by atoms with Gasteiger partial charge in [-0.15, -0.1) is 0 Å². The molecule has 2 amide bonds. The zero-order chi connectivity index (χ0) is 16.0. The average Bonchev–Trinajstić information content (AvgIpc) is 2.38. The summed E-state index contributed by atoms with van der Waals surface area (Å²) >= 11 is 0. The second-order valence-electron chi connectivity index (χ2n) is 5.88. The minimum absolute atomic E-state index is 0.0749. The number of rotatable bonds is 5. The fraction of sp³-hybridized carbons (Fsp3) is 0.533. The minimum Gasteiger partial charge on any atom is -0.395 e. The van der Waals surface area contributed by atoms with Crippen LogP contribution in [0.5, 0.6) is 0 Å². The molecule has 1 unspecified atom stereocenters. The number of carbonyl (C=O) groups is 1. The fourth-order valence-electron chi connectivity index (χ4n) is 1.58. The maximum atomic E-state index is 12.1. The summed E-state index contributed by atoms with van der Waals surface area (Å²) in [6.45, 7) is 6.03. The highest BCUT2D eigenvalue weighted by molar-refractivity contribution is 7.85. The van der Waals surface area contributed by atoms with Gasteiger partial charge in [0, 0.05) is 40.6 Å². The van der Waals surface area contributed by atoms with E-state index in [9.17, 15) is 9.00 Å². The third-order valence-electron chi connectivity index (χ3n) is 2.94. The van der Waals surface area contributed by atoms with Crippen LogP contribution in [0, 0.1) is 0 Å². The highest BCUT2D eigenvalue weighted by atomic mass is 32.2. The third kappa shape index (κ3) is 5.85. The van der Waals surface area contributed by atoms with Gasteiger partial charge in [0.05, 0.1) is 6.61 Å². The molecule has 1 aromatic carbocycles. The number of amides is 2. The van der Waals surface area contributed by atoms with Crippen LogP contribution in [0.15, 0.2) is 24.3 Å². The second kappa shape index (κ2) is 7.56. The Morgan fingerprint density at radius 3 is 2.62 bits per heavy atom. The van der Waals surface area contributed by atoms with Gasteiger partial charge in [-0.05, 0) is 38.5 Å². The summed E-state index contributed by atoms with van der Waals surface area (Å²) in [5.41, 5.74) is 1.58. The molecule has 0 spiro atoms. The van der Waals surface area contributed by atoms with E-state index in [1.165, 1.54) is 4.90 Å². The highest BCUT2D eigenvalue weighted by Crippen LogP contribution is 2.18. The maximum absolute atomic E-state index is 12.1. The van der Waals surface area contributed by atoms with E-state index in [2.05, 4.69) is 5.32 Å². The lowest BCUT2D eigenvalue weighted by Gasteiger charge is -2.19. The summed E-state index contributed by atoms with van der Waals surface area (Å²) in [6.07, 6.45) is 0. The lowest BCUT2D eigenvalue weighted by atomic mass is 10.2. The molecule has 0 aliphatic heterocycles. The van der Waals surface area contributed by atoms with Crippen molar-refractivity contribution in [3.63, 3.8) is 0 Å². The number of hydrogen-bond donors (Lipinski definition) is 2. The maximum Gasteiger partial charge on any atom is 0.321 e. The molecule has 0 heterocycles. The summed E-state index contributed by atoms with van der Waals surface area (Å²) in [7, 11) is 0.638. The van der Waals surface area contributed by atoms with Crippen LogP contribution < -0.4 is 5.32 Å². The smallest absolute Gasteiger partial charge is 0.321 e. The van der Waals surface area contributed by atoms with Crippen molar-refractivity contribution in [3.05, 3.63) is 29.8 Å². The monoisotopic (exact) mass is 312 g/mol. The van der Waals surface area contributed by atoms with Crippen LogP contribution in [-0.2, 0) is 16.6 Å². The van der Waals surface area contributed by atoms with Gasteiger partial charge >= 0.3 is 6.03 Å². The first kappa shape index (κ1) is 17.7. The molecule has 1 rings (SSSR count). The first-order chi connectivity index (χ1) is 9.74. The Bertz CT molecular complexity index is 512. The molecule has 21 heavy (non-hydrogen) atoms. The second-order valence-corrected chi connectivity index (χ2v) is 8.08. The van der Waals surface area contributed by atoms with Gasteiger partial charge in [0.15, 0.2) is 0 Å². The zero-order valence-electron chi connectivity index (χ0n) is 13.0. The Kier molecular flexibility index (Phi) is 6.36. The molecule has 1 aromatic rings. The van der Waals surface area contributed by atoms with Gasteiger partial charge in [-0.3, -0.25) is 4.21 Å². The number of likely N-dealkylation sites (N-methyl/N-ethyl adjacent to an activating group) is 1. The summed E-state index contributed by atoms with van der Waals surface area (Å²) in [5, 5.41) is 11.6. The Morgan fingerprint density at radius 1 is 1.38 bits per heavy atom. The number of aliphatic hydroxyl groups is 1. The molecule has 0 saturated carbocycles. The van der Waals surface area contributed by atoms with Crippen LogP contribution in [0.1, 0.15) is 26.3 Å². The molecule has 0 fully saturated rings. The van der Waals surface area contributed by atoms with Crippen molar-refractivity contribution in [2.45, 2.75) is 31.3 Å². The molecule has 0 saturated heterocycles. The number of urea groups is 1. The van der Waals surface area contributed by atoms with Crippen molar-refractivity contribution in [1.29, 1.82) is 0 Å². The Hall–Kier alpha value is -1.40. The van der Waals surface area contributed by atoms with Crippen molar-refractivity contribution in [2.24, 2.45) is 0 Å². The molecule has 5 nitrogen and oxygen atoms in total. The topological polar surface area (TPSA) is 69.6 Å². The van der Waals surface area contributed by atoms with E-state index < -0.39 is 10.8 Å². The van der Waals surface area contributed by atoms with Crippen LogP contribution in [0.4, 0.5) is 10.5 Å². The number of hydrogen-bond acceptors (Lipinski definition) is 3. The van der Waals surface area contributed by atoms with Crippen molar-refractivity contribution < 1.29 is 14.1 Å². The van der Waals surface area contributed by atoms with E-state index in [-0.39, 0.29) is 23.9 Å². The number of aliphatic hydroxyl groups excluding tert-OH is 1. The number of benzene rings is 1. The van der Waals surface area contributed by atoms with Crippen LogP contribution in [-0.4, -0.2) is 45.2 Å². The van der Waals surface area contributed by atoms with E-state index in [1.807, 2.05) is 39.0 Å². The summed E-state index contributed by atoms with van der Waals surface area (Å²) in [4.78, 5) is 13.2. The molecule has 0 aliphatic rings. The fourth-order valence-corrected chi connectivity index (χ4v) is 2.49. The van der Waals surface area contributed by atoms with Gasteiger partial charge in [-0.1, -0.05) is 12.1 Å². The first-order valence-electron chi connectivity index (χ1n) is 6.84. The first-order valence-corrected chi connectivity index (χ1v) is 8.16. The Labute approximate surface area is 128 Å². The van der Waals surface area contributed by atoms with E-state index in [0.717, 1.165) is 5.56 Å². The van der Waals surface area contributed by atoms with Crippen LogP contribution in [0.2, 0.25) is 0 Å². The third-order valence-corrected chi connectivity index (χ3v) is 4.90. The van der Waals surface area contributed by atoms with Crippen molar-refractivity contribution in [1.82, 2.24) is 4.90 Å². The zero-order valence-corrected chi connectivity index (χ0v) is 13.9. The van der Waals surface area contributed by atoms with E-state index in [1.54, 1.807) is 13.1 Å². The number of nitrogens with zero attached hydrogens (tertiary/aromatic N) is 1. The van der Waals surface area contributed by atoms with E-state index in [4.69, 9.17) is 5.11 Å². The highest BCUT2D eigenvalue weighted by Gasteiger charge is 2.19. The lowest BCUT2D eigenvalue weighted by Crippen LogP contribution is -2.33. The largest absolute Gasteiger partial charge is 0.395 e. The Balaban J connectivity index is 2.73. The predicted molar refractivity (Wildman–Crippen MR) is 86.8 cm³/mol. The van der Waals surface area contributed by atoms with Crippen LogP contribution in [0.25, 0.3) is 0 Å². The molecular formula is C15H24N2O3S. The molecule has 6 heteroatoms. The molecule has 0 radical (unpaired) electrons. The Morgan fingerprint density at radius 2 is 2.05 bits per heavy atom. The van der Waals surface area contributed by atoms with Crippen molar-refractivity contribution >= 4 is 22.5 Å². The predicted octanol–water partition coefficient (Wildman–Crippen LogP) is 2.19. The molecule has 0 aromatic heterocycles. The molecule has 1 atom stereocenters. The van der Waals surface area contributed by atoms with Crippen molar-refractivity contribution in [3.8, 4) is 0 Å². The number of nitrogens with one attached hydrogen (secondary N) is 1. The van der Waals surface area contributed by atoms with Gasteiger partial charge in [-0.25, -0.2) is 4.79 Å². The van der Waals surface area contributed by atoms with Gasteiger partial charge in [0.25, 0.3) is 0 Å². The molecule has 0 aliphatic carbocycles. The number of carbonyl (C=O) groups excluding carboxylic acids is 1. The quantitative estimate of drug-likeness (QED) is 0.875. The molecule has 2 N–H and O–H groups in total. The normalized spacial score (nSPS) is 12.8. The molecule has 0 bridgehead atoms. The minimum atomic E-state index is -0.977. The average molecular weight is 312 g/mol. The lowest BCUT2D eigenvalue weighted by molar-refractivity contribution is 0.202. The van der Waals surface area contributed by atoms with E-state index >= 15 is 0 Å². The van der Waals surface area contributed by atoms with Gasteiger partial charge in [0.2, 0.25) is 0 Å². The summed E-state index contributed by atoms with van der Waals surface area (Å²) in [5.74, 6) is 0.458.